The summed E-state index contributed by atoms with van der Waals surface area (Å²) in [6.07, 6.45) is -3.02. The molecule has 0 aromatic heterocycles. The minimum absolute atomic E-state index is 0.0758. The number of Topliss-reactive ketones (excluding diaryl/α,β-unsaturated/α-hetero) is 1. The van der Waals surface area contributed by atoms with Gasteiger partial charge in [0.1, 0.15) is 17.8 Å². The second-order valence-corrected chi connectivity index (χ2v) is 6.07. The van der Waals surface area contributed by atoms with Gasteiger partial charge in [-0.15, -0.1) is 0 Å². The molecule has 0 bridgehead atoms. The number of alkyl carbamates (subject to hydrolysis) is 1. The van der Waals surface area contributed by atoms with Crippen molar-refractivity contribution in [2.75, 3.05) is 6.54 Å². The first-order chi connectivity index (χ1) is 10.1. The van der Waals surface area contributed by atoms with Crippen LogP contribution in [0.4, 0.5) is 4.79 Å². The topological polar surface area (TPSA) is 95.9 Å². The third-order valence-corrected chi connectivity index (χ3v) is 2.88. The first kappa shape index (κ1) is 18.1. The number of ether oxygens (including phenoxy) is 1. The Kier molecular flexibility index (Phi) is 6.08. The lowest BCUT2D eigenvalue weighted by atomic mass is 10.0. The van der Waals surface area contributed by atoms with Crippen molar-refractivity contribution in [1.82, 2.24) is 5.32 Å². The number of hydrogen-bond acceptors (Lipinski definition) is 5. The van der Waals surface area contributed by atoms with Gasteiger partial charge in [0, 0.05) is 12.1 Å². The zero-order chi connectivity index (χ0) is 16.9. The summed E-state index contributed by atoms with van der Waals surface area (Å²) in [4.78, 5) is 22.7. The summed E-state index contributed by atoms with van der Waals surface area (Å²) in [5.74, 6) is -0.0758. The molecule has 0 saturated heterocycles. The quantitative estimate of drug-likeness (QED) is 0.721. The molecule has 0 saturated carbocycles. The van der Waals surface area contributed by atoms with Gasteiger partial charge in [0.25, 0.3) is 0 Å². The van der Waals surface area contributed by atoms with Crippen LogP contribution in [0.3, 0.4) is 0 Å². The van der Waals surface area contributed by atoms with E-state index in [9.17, 15) is 19.8 Å². The summed E-state index contributed by atoms with van der Waals surface area (Å²) in [5, 5.41) is 22.3. The van der Waals surface area contributed by atoms with Crippen LogP contribution < -0.4 is 5.32 Å². The van der Waals surface area contributed by atoms with Crippen LogP contribution in [0.2, 0.25) is 0 Å². The Bertz CT molecular complexity index is 518. The number of hydrogen-bond donors (Lipinski definition) is 3. The van der Waals surface area contributed by atoms with Gasteiger partial charge in [-0.05, 0) is 33.3 Å². The van der Waals surface area contributed by atoms with E-state index in [4.69, 9.17) is 4.74 Å². The van der Waals surface area contributed by atoms with Crippen LogP contribution in [0.5, 0.6) is 0 Å². The molecule has 3 N–H and O–H groups in total. The Labute approximate surface area is 130 Å². The molecule has 2 unspecified atom stereocenters. The molecular weight excluding hydrogens is 286 g/mol. The third-order valence-electron chi connectivity index (χ3n) is 2.88. The molecule has 1 amide bonds. The number of ketones is 1. The van der Waals surface area contributed by atoms with Gasteiger partial charge in [0.15, 0.2) is 5.78 Å². The Morgan fingerprint density at radius 3 is 2.18 bits per heavy atom. The van der Waals surface area contributed by atoms with E-state index in [1.807, 2.05) is 0 Å². The summed E-state index contributed by atoms with van der Waals surface area (Å²) in [5.41, 5.74) is 0.358. The van der Waals surface area contributed by atoms with E-state index in [-0.39, 0.29) is 12.3 Å². The van der Waals surface area contributed by atoms with E-state index in [0.29, 0.717) is 11.1 Å². The summed E-state index contributed by atoms with van der Waals surface area (Å²) < 4.78 is 5.04. The van der Waals surface area contributed by atoms with Crippen molar-refractivity contribution in [3.05, 3.63) is 35.4 Å². The first-order valence-corrected chi connectivity index (χ1v) is 7.04. The minimum Gasteiger partial charge on any atom is -0.444 e. The monoisotopic (exact) mass is 309 g/mol. The van der Waals surface area contributed by atoms with Gasteiger partial charge >= 0.3 is 6.09 Å². The highest BCUT2D eigenvalue weighted by atomic mass is 16.6. The molecule has 6 nitrogen and oxygen atoms in total. The lowest BCUT2D eigenvalue weighted by molar-refractivity contribution is 0.0129. The highest BCUT2D eigenvalue weighted by Gasteiger charge is 2.21. The second-order valence-electron chi connectivity index (χ2n) is 6.07. The van der Waals surface area contributed by atoms with E-state index in [1.165, 1.54) is 6.92 Å². The molecule has 22 heavy (non-hydrogen) atoms. The molecule has 0 fully saturated rings. The molecule has 0 aliphatic carbocycles. The van der Waals surface area contributed by atoms with Gasteiger partial charge in [-0.25, -0.2) is 4.79 Å². The molecule has 0 aliphatic rings. The van der Waals surface area contributed by atoms with Gasteiger partial charge in [-0.1, -0.05) is 24.3 Å². The molecule has 6 heteroatoms. The Morgan fingerprint density at radius 2 is 1.73 bits per heavy atom. The minimum atomic E-state index is -1.18. The maximum atomic E-state index is 11.5. The van der Waals surface area contributed by atoms with Crippen LogP contribution >= 0.6 is 0 Å². The normalized spacial score (nSPS) is 14.1. The van der Waals surface area contributed by atoms with Gasteiger partial charge in [0.05, 0.1) is 0 Å². The van der Waals surface area contributed by atoms with Crippen LogP contribution in [0, 0.1) is 0 Å². The zero-order valence-corrected chi connectivity index (χ0v) is 13.3. The van der Waals surface area contributed by atoms with E-state index >= 15 is 0 Å². The number of rotatable bonds is 5. The Morgan fingerprint density at radius 1 is 1.18 bits per heavy atom. The number of aliphatic hydroxyl groups is 2. The number of benzene rings is 1. The van der Waals surface area contributed by atoms with Crippen molar-refractivity contribution in [2.45, 2.75) is 45.5 Å². The molecular formula is C16H23NO5. The Balaban J connectivity index is 2.56. The average Bonchev–Trinajstić information content (AvgIpc) is 2.42. The largest absolute Gasteiger partial charge is 0.444 e. The number of nitrogens with one attached hydrogen (secondary N) is 1. The van der Waals surface area contributed by atoms with Gasteiger partial charge in [-0.2, -0.15) is 0 Å². The summed E-state index contributed by atoms with van der Waals surface area (Å²) in [6, 6.07) is 6.29. The van der Waals surface area contributed by atoms with Gasteiger partial charge < -0.3 is 20.3 Å². The molecule has 2 atom stereocenters. The fraction of sp³-hybridized carbons (Fsp3) is 0.500. The highest BCUT2D eigenvalue weighted by molar-refractivity contribution is 5.94. The second kappa shape index (κ2) is 7.38. The fourth-order valence-electron chi connectivity index (χ4n) is 1.75. The third kappa shape index (κ3) is 5.83. The van der Waals surface area contributed by atoms with Crippen molar-refractivity contribution in [2.24, 2.45) is 0 Å². The smallest absolute Gasteiger partial charge is 0.407 e. The molecule has 0 heterocycles. The van der Waals surface area contributed by atoms with Crippen molar-refractivity contribution >= 4 is 11.9 Å². The molecule has 122 valence electrons. The van der Waals surface area contributed by atoms with Gasteiger partial charge in [0.2, 0.25) is 0 Å². The number of carbonyl (C=O) groups is 2. The SMILES string of the molecule is CC(=O)c1ccc(C(O)C(O)CNC(=O)OC(C)(C)C)cc1. The number of aliphatic hydroxyl groups excluding tert-OH is 2. The number of carbonyl (C=O) groups excluding carboxylic acids is 2. The van der Waals surface area contributed by atoms with Crippen LogP contribution in [-0.4, -0.2) is 40.3 Å². The van der Waals surface area contributed by atoms with Gasteiger partial charge in [-0.3, -0.25) is 4.79 Å². The van der Waals surface area contributed by atoms with E-state index in [0.717, 1.165) is 0 Å². The molecule has 1 rings (SSSR count). The molecule has 0 aliphatic heterocycles. The van der Waals surface area contributed by atoms with Crippen molar-refractivity contribution in [3.63, 3.8) is 0 Å². The van der Waals surface area contributed by atoms with E-state index < -0.39 is 23.9 Å². The molecule has 1 aromatic rings. The Hall–Kier alpha value is -1.92. The van der Waals surface area contributed by atoms with Crippen LogP contribution in [0.25, 0.3) is 0 Å². The molecule has 0 radical (unpaired) electrons. The lowest BCUT2D eigenvalue weighted by Gasteiger charge is -2.22. The van der Waals surface area contributed by atoms with E-state index in [1.54, 1.807) is 45.0 Å². The van der Waals surface area contributed by atoms with Crippen molar-refractivity contribution in [1.29, 1.82) is 0 Å². The number of amides is 1. The highest BCUT2D eigenvalue weighted by Crippen LogP contribution is 2.17. The van der Waals surface area contributed by atoms with Crippen LogP contribution in [0.15, 0.2) is 24.3 Å². The fourth-order valence-corrected chi connectivity index (χ4v) is 1.75. The maximum absolute atomic E-state index is 11.5. The zero-order valence-electron chi connectivity index (χ0n) is 13.3. The van der Waals surface area contributed by atoms with Crippen molar-refractivity contribution in [3.8, 4) is 0 Å². The van der Waals surface area contributed by atoms with Crippen LogP contribution in [0.1, 0.15) is 49.7 Å². The average molecular weight is 309 g/mol. The van der Waals surface area contributed by atoms with Crippen LogP contribution in [-0.2, 0) is 4.74 Å². The summed E-state index contributed by atoms with van der Waals surface area (Å²) in [7, 11) is 0. The lowest BCUT2D eigenvalue weighted by Crippen LogP contribution is -2.38. The maximum Gasteiger partial charge on any atom is 0.407 e. The molecule has 0 spiro atoms. The predicted molar refractivity (Wildman–Crippen MR) is 81.6 cm³/mol. The van der Waals surface area contributed by atoms with E-state index in [2.05, 4.69) is 5.32 Å². The predicted octanol–water partition coefficient (Wildman–Crippen LogP) is 1.81. The first-order valence-electron chi connectivity index (χ1n) is 7.04. The standard InChI is InChI=1S/C16H23NO5/c1-10(18)11-5-7-12(8-6-11)14(20)13(19)9-17-15(21)22-16(2,3)4/h5-8,13-14,19-20H,9H2,1-4H3,(H,17,21). The summed E-state index contributed by atoms with van der Waals surface area (Å²) >= 11 is 0. The molecule has 1 aromatic carbocycles. The van der Waals surface area contributed by atoms with Crippen molar-refractivity contribution < 1.29 is 24.5 Å². The summed E-state index contributed by atoms with van der Waals surface area (Å²) in [6.45, 7) is 6.49.